The molecule has 0 spiro atoms. The van der Waals surface area contributed by atoms with E-state index < -0.39 is 41.8 Å². The second-order valence-corrected chi connectivity index (χ2v) is 4.08. The molecule has 1 unspecified atom stereocenters. The molecule has 1 heterocycles. The molecule has 1 aliphatic heterocycles. The predicted molar refractivity (Wildman–Crippen MR) is 45.6 cm³/mol. The van der Waals surface area contributed by atoms with Crippen LogP contribution in [0.2, 0.25) is 0 Å². The molecule has 0 amide bonds. The number of rotatable bonds is 2. The third kappa shape index (κ3) is 2.40. The van der Waals surface area contributed by atoms with Gasteiger partial charge in [-0.25, -0.2) is 0 Å². The first-order chi connectivity index (χ1) is 8.23. The lowest BCUT2D eigenvalue weighted by Gasteiger charge is -2.33. The Hall–Kier alpha value is -1.32. The fraction of sp³-hybridized carbons (Fsp3) is 0.667. The van der Waals surface area contributed by atoms with Crippen LogP contribution in [0.3, 0.4) is 0 Å². The molecule has 0 fully saturated rings. The fourth-order valence-corrected chi connectivity index (χ4v) is 1.12. The van der Waals surface area contributed by atoms with Crippen LogP contribution in [0, 0.1) is 0 Å². The van der Waals surface area contributed by atoms with Crippen LogP contribution in [-0.4, -0.2) is 41.1 Å². The Morgan fingerprint density at radius 1 is 1.21 bits per heavy atom. The number of halogens is 7. The van der Waals surface area contributed by atoms with Gasteiger partial charge in [0.15, 0.2) is 17.1 Å². The first kappa shape index (κ1) is 15.7. The van der Waals surface area contributed by atoms with E-state index in [1.165, 1.54) is 0 Å². The molecule has 10 heteroatoms. The van der Waals surface area contributed by atoms with E-state index in [0.29, 0.717) is 0 Å². The monoisotopic (exact) mass is 296 g/mol. The standard InChI is InChI=1S/C9H7F7O3/c1-6(18)3-19-5(2-4(6)17)7(10,11)8(12,13)9(14,15)16/h2,18H,3H2,1H3. The van der Waals surface area contributed by atoms with Crippen molar-refractivity contribution in [3.63, 3.8) is 0 Å². The number of ketones is 1. The van der Waals surface area contributed by atoms with Crippen molar-refractivity contribution in [2.75, 3.05) is 6.61 Å². The number of allylic oxidation sites excluding steroid dienone is 1. The largest absolute Gasteiger partial charge is 0.488 e. The van der Waals surface area contributed by atoms with Gasteiger partial charge in [-0.1, -0.05) is 0 Å². The van der Waals surface area contributed by atoms with Gasteiger partial charge < -0.3 is 9.84 Å². The highest BCUT2D eigenvalue weighted by Crippen LogP contribution is 2.50. The van der Waals surface area contributed by atoms with Crippen LogP contribution in [0.5, 0.6) is 0 Å². The maximum absolute atomic E-state index is 13.1. The highest BCUT2D eigenvalue weighted by Gasteiger charge is 2.75. The van der Waals surface area contributed by atoms with Crippen molar-refractivity contribution in [3.8, 4) is 0 Å². The van der Waals surface area contributed by atoms with E-state index in [-0.39, 0.29) is 6.08 Å². The van der Waals surface area contributed by atoms with E-state index in [0.717, 1.165) is 6.92 Å². The lowest BCUT2D eigenvalue weighted by molar-refractivity contribution is -0.351. The first-order valence-electron chi connectivity index (χ1n) is 4.67. The summed E-state index contributed by atoms with van der Waals surface area (Å²) in [6.07, 6.45) is -6.78. The van der Waals surface area contributed by atoms with Gasteiger partial charge in [-0.15, -0.1) is 0 Å². The fourth-order valence-electron chi connectivity index (χ4n) is 1.12. The Balaban J connectivity index is 3.20. The average Bonchev–Trinajstić information content (AvgIpc) is 2.20. The highest BCUT2D eigenvalue weighted by atomic mass is 19.4. The van der Waals surface area contributed by atoms with Crippen molar-refractivity contribution in [1.82, 2.24) is 0 Å². The van der Waals surface area contributed by atoms with Crippen LogP contribution < -0.4 is 0 Å². The van der Waals surface area contributed by atoms with Gasteiger partial charge in [0.1, 0.15) is 6.61 Å². The molecule has 0 saturated heterocycles. The lowest BCUT2D eigenvalue weighted by Crippen LogP contribution is -2.55. The number of aliphatic hydroxyl groups is 1. The van der Waals surface area contributed by atoms with E-state index in [1.54, 1.807) is 0 Å². The van der Waals surface area contributed by atoms with Gasteiger partial charge in [-0.05, 0) is 6.92 Å². The molecule has 1 atom stereocenters. The number of ether oxygens (including phenoxy) is 1. The molecule has 0 saturated carbocycles. The molecular formula is C9H7F7O3. The van der Waals surface area contributed by atoms with Crippen LogP contribution in [0.4, 0.5) is 30.7 Å². The van der Waals surface area contributed by atoms with Crippen molar-refractivity contribution in [2.24, 2.45) is 0 Å². The van der Waals surface area contributed by atoms with E-state index >= 15 is 0 Å². The van der Waals surface area contributed by atoms with E-state index in [1.807, 2.05) is 0 Å². The minimum atomic E-state index is -6.52. The summed E-state index contributed by atoms with van der Waals surface area (Å²) in [5, 5.41) is 9.22. The van der Waals surface area contributed by atoms with Crippen molar-refractivity contribution in [3.05, 3.63) is 11.8 Å². The Morgan fingerprint density at radius 2 is 1.68 bits per heavy atom. The van der Waals surface area contributed by atoms with Crippen molar-refractivity contribution >= 4 is 5.78 Å². The van der Waals surface area contributed by atoms with Crippen LogP contribution in [0.1, 0.15) is 6.92 Å². The number of carbonyl (C=O) groups excluding carboxylic acids is 1. The zero-order chi connectivity index (χ0) is 15.3. The van der Waals surface area contributed by atoms with Crippen molar-refractivity contribution in [2.45, 2.75) is 30.5 Å². The summed E-state index contributed by atoms with van der Waals surface area (Å²) in [5.41, 5.74) is -2.26. The Bertz CT molecular complexity index is 422. The minimum Gasteiger partial charge on any atom is -0.488 e. The van der Waals surface area contributed by atoms with E-state index in [9.17, 15) is 40.6 Å². The topological polar surface area (TPSA) is 46.5 Å². The lowest BCUT2D eigenvalue weighted by atomic mass is 9.96. The Kier molecular flexibility index (Phi) is 3.38. The second-order valence-electron chi connectivity index (χ2n) is 4.08. The number of carbonyl (C=O) groups is 1. The number of hydrogen-bond acceptors (Lipinski definition) is 3. The third-order valence-corrected chi connectivity index (χ3v) is 2.36. The van der Waals surface area contributed by atoms with E-state index in [4.69, 9.17) is 0 Å². The van der Waals surface area contributed by atoms with Crippen molar-refractivity contribution in [1.29, 1.82) is 0 Å². The molecule has 1 aliphatic rings. The normalized spacial score (nSPS) is 25.9. The summed E-state index contributed by atoms with van der Waals surface area (Å²) in [5.74, 6) is -15.7. The molecule has 0 aliphatic carbocycles. The SMILES string of the molecule is CC1(O)COC(C(F)(F)C(F)(F)C(F)(F)F)=CC1=O. The summed E-state index contributed by atoms with van der Waals surface area (Å²) in [6.45, 7) is -0.316. The molecule has 0 bridgehead atoms. The average molecular weight is 296 g/mol. The van der Waals surface area contributed by atoms with Crippen LogP contribution in [-0.2, 0) is 9.53 Å². The highest BCUT2D eigenvalue weighted by molar-refractivity contribution is 5.97. The minimum absolute atomic E-state index is 0.261. The molecule has 110 valence electrons. The van der Waals surface area contributed by atoms with Gasteiger partial charge in [0.25, 0.3) is 0 Å². The zero-order valence-corrected chi connectivity index (χ0v) is 9.19. The number of alkyl halides is 7. The predicted octanol–water partition coefficient (Wildman–Crippen LogP) is 2.05. The quantitative estimate of drug-likeness (QED) is 0.793. The van der Waals surface area contributed by atoms with Gasteiger partial charge in [0.05, 0.1) is 0 Å². The van der Waals surface area contributed by atoms with Gasteiger partial charge in [-0.3, -0.25) is 4.79 Å². The summed E-state index contributed by atoms with van der Waals surface area (Å²) in [4.78, 5) is 11.1. The van der Waals surface area contributed by atoms with E-state index in [2.05, 4.69) is 4.74 Å². The third-order valence-electron chi connectivity index (χ3n) is 2.36. The smallest absolute Gasteiger partial charge is 0.460 e. The van der Waals surface area contributed by atoms with Crippen LogP contribution >= 0.6 is 0 Å². The molecule has 1 rings (SSSR count). The number of hydrogen-bond donors (Lipinski definition) is 1. The first-order valence-corrected chi connectivity index (χ1v) is 4.67. The maximum Gasteiger partial charge on any atom is 0.460 e. The summed E-state index contributed by atoms with van der Waals surface area (Å²) < 4.78 is 91.1. The summed E-state index contributed by atoms with van der Waals surface area (Å²) in [6, 6.07) is 0. The Labute approximate surface area is 101 Å². The molecular weight excluding hydrogens is 289 g/mol. The van der Waals surface area contributed by atoms with Gasteiger partial charge in [0, 0.05) is 6.08 Å². The molecule has 1 N–H and O–H groups in total. The molecule has 0 aromatic carbocycles. The van der Waals surface area contributed by atoms with Crippen LogP contribution in [0.25, 0.3) is 0 Å². The molecule has 0 radical (unpaired) electrons. The molecule has 19 heavy (non-hydrogen) atoms. The summed E-state index contributed by atoms with van der Waals surface area (Å²) >= 11 is 0. The molecule has 3 nitrogen and oxygen atoms in total. The maximum atomic E-state index is 13.1. The summed E-state index contributed by atoms with van der Waals surface area (Å²) in [7, 11) is 0. The van der Waals surface area contributed by atoms with Gasteiger partial charge in [-0.2, -0.15) is 30.7 Å². The Morgan fingerprint density at radius 3 is 2.05 bits per heavy atom. The van der Waals surface area contributed by atoms with Crippen LogP contribution in [0.15, 0.2) is 11.8 Å². The van der Waals surface area contributed by atoms with Gasteiger partial charge >= 0.3 is 18.0 Å². The van der Waals surface area contributed by atoms with Gasteiger partial charge in [0.2, 0.25) is 0 Å². The second kappa shape index (κ2) is 4.09. The molecule has 0 aromatic heterocycles. The molecule has 0 aromatic rings. The van der Waals surface area contributed by atoms with Crippen molar-refractivity contribution < 1.29 is 45.4 Å². The zero-order valence-electron chi connectivity index (χ0n) is 9.19.